The molecule has 5 heteroatoms. The van der Waals surface area contributed by atoms with E-state index in [1.807, 2.05) is 0 Å². The highest BCUT2D eigenvalue weighted by Crippen LogP contribution is 2.74. The van der Waals surface area contributed by atoms with Gasteiger partial charge in [-0.3, -0.25) is 4.79 Å². The lowest BCUT2D eigenvalue weighted by molar-refractivity contribution is -0.212. The van der Waals surface area contributed by atoms with Crippen LogP contribution in [-0.2, 0) is 9.53 Å². The number of ketones is 1. The predicted molar refractivity (Wildman–Crippen MR) is 136 cm³/mol. The van der Waals surface area contributed by atoms with Gasteiger partial charge in [0.1, 0.15) is 11.9 Å². The van der Waals surface area contributed by atoms with Gasteiger partial charge in [-0.15, -0.1) is 0 Å². The van der Waals surface area contributed by atoms with Gasteiger partial charge in [0.05, 0.1) is 23.9 Å². The first kappa shape index (κ1) is 25.9. The summed E-state index contributed by atoms with van der Waals surface area (Å²) in [4.78, 5) is 12.9. The zero-order chi connectivity index (χ0) is 25.9. The number of carbonyl (C=O) groups excluding carboxylic acids is 1. The van der Waals surface area contributed by atoms with Crippen molar-refractivity contribution in [1.29, 1.82) is 0 Å². The lowest BCUT2D eigenvalue weighted by Gasteiger charge is -2.68. The quantitative estimate of drug-likeness (QED) is 0.486. The predicted octanol–water partition coefficient (Wildman–Crippen LogP) is 4.81. The number of rotatable bonds is 2. The zero-order valence-corrected chi connectivity index (χ0v) is 23.1. The molecular weight excluding hydrogens is 440 g/mol. The van der Waals surface area contributed by atoms with E-state index in [2.05, 4.69) is 41.5 Å². The normalized spacial score (nSPS) is 50.2. The van der Waals surface area contributed by atoms with Gasteiger partial charge in [0.25, 0.3) is 0 Å². The first-order chi connectivity index (χ1) is 16.0. The molecule has 198 valence electrons. The maximum absolute atomic E-state index is 12.9. The van der Waals surface area contributed by atoms with E-state index < -0.39 is 23.9 Å². The van der Waals surface area contributed by atoms with Crippen molar-refractivity contribution in [2.24, 2.45) is 39.4 Å². The number of hydrogen-bond acceptors (Lipinski definition) is 5. The largest absolute Gasteiger partial charge is 0.392 e. The number of carbonyl (C=O) groups is 1. The Balaban J connectivity index is 1.53. The Morgan fingerprint density at radius 2 is 1.77 bits per heavy atom. The molecule has 10 atom stereocenters. The molecule has 3 N–H and O–H groups in total. The number of aliphatic hydroxyl groups excluding tert-OH is 2. The lowest BCUT2D eigenvalue weighted by atomic mass is 9.36. The highest BCUT2D eigenvalue weighted by molar-refractivity contribution is 5.85. The number of ether oxygens (including phenoxy) is 1. The Bertz CT molecular complexity index is 945. The molecule has 5 nitrogen and oxygen atoms in total. The molecule has 3 saturated carbocycles. The summed E-state index contributed by atoms with van der Waals surface area (Å²) in [5.41, 5.74) is 0.954. The molecule has 4 fully saturated rings. The van der Waals surface area contributed by atoms with Crippen LogP contribution < -0.4 is 0 Å². The van der Waals surface area contributed by atoms with Crippen LogP contribution in [0.3, 0.4) is 0 Å². The monoisotopic (exact) mass is 488 g/mol. The SMILES string of the molecule is C[C@@H]1C[C@@H]([C@@H](O)C(C)(C)O)O[C@H]2C[C@@]3(C)C(=C12)C[C@H](O)[C@H]1[C@@]2(C)CCC(=O)C(C)(C)[C@@H]2CC[C@@]13C. The van der Waals surface area contributed by atoms with E-state index in [1.165, 1.54) is 11.1 Å². The van der Waals surface area contributed by atoms with Crippen molar-refractivity contribution in [3.8, 4) is 0 Å². The van der Waals surface area contributed by atoms with Crippen LogP contribution >= 0.6 is 0 Å². The molecular formula is C30H48O5. The lowest BCUT2D eigenvalue weighted by Crippen LogP contribution is -2.65. The molecule has 1 heterocycles. The molecule has 5 aliphatic rings. The minimum Gasteiger partial charge on any atom is -0.392 e. The van der Waals surface area contributed by atoms with E-state index in [0.717, 1.165) is 25.7 Å². The van der Waals surface area contributed by atoms with Crippen LogP contribution in [0.1, 0.15) is 100 Å². The second kappa shape index (κ2) is 7.65. The van der Waals surface area contributed by atoms with E-state index in [0.29, 0.717) is 31.0 Å². The summed E-state index contributed by atoms with van der Waals surface area (Å²) in [5, 5.41) is 33.1. The van der Waals surface area contributed by atoms with Gasteiger partial charge in [0.15, 0.2) is 0 Å². The van der Waals surface area contributed by atoms with Crippen molar-refractivity contribution < 1.29 is 24.9 Å². The third-order valence-electron chi connectivity index (χ3n) is 12.2. The molecule has 0 amide bonds. The Kier molecular flexibility index (Phi) is 5.65. The second-order valence-electron chi connectivity index (χ2n) is 14.8. The number of aliphatic hydroxyl groups is 3. The molecule has 4 aliphatic carbocycles. The fourth-order valence-electron chi connectivity index (χ4n) is 10.3. The van der Waals surface area contributed by atoms with Crippen LogP contribution in [0.25, 0.3) is 0 Å². The number of Topliss-reactive ketones (excluding diaryl/α,β-unsaturated/α-hetero) is 1. The first-order valence-corrected chi connectivity index (χ1v) is 14.0. The molecule has 0 spiro atoms. The third kappa shape index (κ3) is 3.30. The molecule has 5 rings (SSSR count). The molecule has 0 bridgehead atoms. The molecule has 0 aromatic heterocycles. The van der Waals surface area contributed by atoms with Crippen LogP contribution in [0.2, 0.25) is 0 Å². The summed E-state index contributed by atoms with van der Waals surface area (Å²) in [7, 11) is 0. The average molecular weight is 489 g/mol. The average Bonchev–Trinajstić information content (AvgIpc) is 3.03. The van der Waals surface area contributed by atoms with E-state index in [9.17, 15) is 20.1 Å². The third-order valence-corrected chi connectivity index (χ3v) is 12.2. The van der Waals surface area contributed by atoms with Crippen LogP contribution in [-0.4, -0.2) is 51.1 Å². The Morgan fingerprint density at radius 1 is 1.11 bits per heavy atom. The summed E-state index contributed by atoms with van der Waals surface area (Å²) in [6, 6.07) is 0. The molecule has 0 aromatic carbocycles. The van der Waals surface area contributed by atoms with E-state index in [-0.39, 0.29) is 39.6 Å². The highest BCUT2D eigenvalue weighted by Gasteiger charge is 2.70. The van der Waals surface area contributed by atoms with E-state index in [1.54, 1.807) is 13.8 Å². The van der Waals surface area contributed by atoms with Crippen molar-refractivity contribution >= 4 is 5.78 Å². The Labute approximate surface area is 211 Å². The van der Waals surface area contributed by atoms with Crippen LogP contribution in [0, 0.1) is 39.4 Å². The van der Waals surface area contributed by atoms with Gasteiger partial charge < -0.3 is 20.1 Å². The zero-order valence-electron chi connectivity index (χ0n) is 23.1. The van der Waals surface area contributed by atoms with Crippen molar-refractivity contribution in [3.05, 3.63) is 11.1 Å². The van der Waals surface area contributed by atoms with E-state index >= 15 is 0 Å². The van der Waals surface area contributed by atoms with Crippen molar-refractivity contribution in [2.75, 3.05) is 0 Å². The molecule has 0 unspecified atom stereocenters. The van der Waals surface area contributed by atoms with E-state index in [4.69, 9.17) is 4.74 Å². The molecule has 35 heavy (non-hydrogen) atoms. The minimum atomic E-state index is -1.21. The maximum atomic E-state index is 12.9. The number of hydrogen-bond donors (Lipinski definition) is 3. The van der Waals surface area contributed by atoms with Crippen molar-refractivity contribution in [1.82, 2.24) is 0 Å². The van der Waals surface area contributed by atoms with Gasteiger partial charge in [-0.05, 0) is 91.9 Å². The fourth-order valence-corrected chi connectivity index (χ4v) is 10.3. The second-order valence-corrected chi connectivity index (χ2v) is 14.8. The molecule has 0 radical (unpaired) electrons. The van der Waals surface area contributed by atoms with Gasteiger partial charge in [-0.1, -0.05) is 47.1 Å². The standard InChI is InChI=1S/C30H48O5/c1-16-13-19(25(33)27(4,5)34)35-20-15-30(8)17(23(16)20)14-18(31)24-28(6)11-10-22(32)26(2,3)21(28)9-12-29(24,30)7/h16,18-21,24-25,31,33-34H,9-15H2,1-8H3/t16-,18+,19+,20+,21+,24+,25-,28+,29+,30+/m1/s1. The highest BCUT2D eigenvalue weighted by atomic mass is 16.5. The van der Waals surface area contributed by atoms with Gasteiger partial charge in [0, 0.05) is 11.8 Å². The summed E-state index contributed by atoms with van der Waals surface area (Å²) in [6.45, 7) is 17.0. The molecule has 1 saturated heterocycles. The van der Waals surface area contributed by atoms with Crippen LogP contribution in [0.5, 0.6) is 0 Å². The molecule has 1 aliphatic heterocycles. The smallest absolute Gasteiger partial charge is 0.138 e. The van der Waals surface area contributed by atoms with Crippen LogP contribution in [0.15, 0.2) is 11.1 Å². The minimum absolute atomic E-state index is 0.0666. The maximum Gasteiger partial charge on any atom is 0.138 e. The summed E-state index contributed by atoms with van der Waals surface area (Å²) in [6.07, 6.45) is 3.95. The fraction of sp³-hybridized carbons (Fsp3) is 0.900. The van der Waals surface area contributed by atoms with Gasteiger partial charge in [-0.25, -0.2) is 0 Å². The van der Waals surface area contributed by atoms with Crippen LogP contribution in [0.4, 0.5) is 0 Å². The topological polar surface area (TPSA) is 87.0 Å². The summed E-state index contributed by atoms with van der Waals surface area (Å²) >= 11 is 0. The van der Waals surface area contributed by atoms with Gasteiger partial charge >= 0.3 is 0 Å². The number of fused-ring (bicyclic) bond motifs is 6. The van der Waals surface area contributed by atoms with Crippen molar-refractivity contribution in [2.45, 2.75) is 130 Å². The Morgan fingerprint density at radius 3 is 2.40 bits per heavy atom. The Hall–Kier alpha value is -0.750. The molecule has 0 aromatic rings. The van der Waals surface area contributed by atoms with Gasteiger partial charge in [-0.2, -0.15) is 0 Å². The summed E-state index contributed by atoms with van der Waals surface area (Å²) < 4.78 is 6.57. The van der Waals surface area contributed by atoms with Gasteiger partial charge in [0.2, 0.25) is 0 Å². The summed E-state index contributed by atoms with van der Waals surface area (Å²) in [5.74, 6) is 1.07. The first-order valence-electron chi connectivity index (χ1n) is 14.0. The van der Waals surface area contributed by atoms with Crippen molar-refractivity contribution in [3.63, 3.8) is 0 Å².